The molecule has 0 spiro atoms. The van der Waals surface area contributed by atoms with Crippen molar-refractivity contribution in [3.63, 3.8) is 0 Å². The molecule has 1 atom stereocenters. The molecule has 0 bridgehead atoms. The Labute approximate surface area is 116 Å². The van der Waals surface area contributed by atoms with Crippen LogP contribution < -0.4 is 10.5 Å². The zero-order valence-corrected chi connectivity index (χ0v) is 11.2. The summed E-state index contributed by atoms with van der Waals surface area (Å²) < 4.78 is 28.7. The Kier molecular flexibility index (Phi) is 3.03. The average molecular weight is 281 g/mol. The number of hydrogen-bond acceptors (Lipinski definition) is 4. The van der Waals surface area contributed by atoms with Gasteiger partial charge in [0.15, 0.2) is 5.96 Å². The zero-order valence-electron chi connectivity index (χ0n) is 11.2. The predicted octanol–water partition coefficient (Wildman–Crippen LogP) is 2.30. The Balaban J connectivity index is 1.84. The Morgan fingerprint density at radius 1 is 1.35 bits per heavy atom. The third-order valence-corrected chi connectivity index (χ3v) is 3.94. The highest BCUT2D eigenvalue weighted by Gasteiger charge is 2.46. The van der Waals surface area contributed by atoms with Crippen molar-refractivity contribution in [1.29, 1.82) is 0 Å². The molecule has 20 heavy (non-hydrogen) atoms. The van der Waals surface area contributed by atoms with Crippen molar-refractivity contribution in [2.24, 2.45) is 10.7 Å². The smallest absolute Gasteiger partial charge is 0.387 e. The van der Waals surface area contributed by atoms with Crippen molar-refractivity contribution < 1.29 is 13.5 Å². The summed E-state index contributed by atoms with van der Waals surface area (Å²) in [5.74, 6) is 0.736. The second kappa shape index (κ2) is 4.61. The SMILES string of the molecule is CC1(c2ccc(OC(F)F)cc2)CN=C(N)N1C1CC1. The quantitative estimate of drug-likeness (QED) is 0.921. The van der Waals surface area contributed by atoms with Crippen LogP contribution in [0.1, 0.15) is 25.3 Å². The molecule has 1 heterocycles. The fourth-order valence-corrected chi connectivity index (χ4v) is 2.79. The van der Waals surface area contributed by atoms with Crippen LogP contribution in [0.15, 0.2) is 29.3 Å². The molecule has 1 aromatic carbocycles. The van der Waals surface area contributed by atoms with Crippen molar-refractivity contribution in [3.05, 3.63) is 29.8 Å². The van der Waals surface area contributed by atoms with Crippen LogP contribution in [0.3, 0.4) is 0 Å². The van der Waals surface area contributed by atoms with Gasteiger partial charge >= 0.3 is 6.61 Å². The Morgan fingerprint density at radius 3 is 2.55 bits per heavy atom. The van der Waals surface area contributed by atoms with Crippen molar-refractivity contribution in [2.75, 3.05) is 6.54 Å². The van der Waals surface area contributed by atoms with E-state index in [0.29, 0.717) is 18.5 Å². The molecule has 0 radical (unpaired) electrons. The standard InChI is InChI=1S/C14H17F2N3O/c1-14(8-18-13(17)19(14)10-4-5-10)9-2-6-11(7-3-9)20-12(15)16/h2-3,6-7,10,12H,4-5,8H2,1H3,(H2,17,18). The van der Waals surface area contributed by atoms with E-state index in [1.165, 1.54) is 0 Å². The molecule has 4 nitrogen and oxygen atoms in total. The minimum Gasteiger partial charge on any atom is -0.435 e. The summed E-state index contributed by atoms with van der Waals surface area (Å²) in [4.78, 5) is 6.50. The first-order chi connectivity index (χ1) is 9.50. The first-order valence-electron chi connectivity index (χ1n) is 6.65. The van der Waals surface area contributed by atoms with E-state index in [0.717, 1.165) is 18.4 Å². The third-order valence-electron chi connectivity index (χ3n) is 3.94. The molecule has 3 rings (SSSR count). The van der Waals surface area contributed by atoms with Gasteiger partial charge in [-0.2, -0.15) is 8.78 Å². The van der Waals surface area contributed by atoms with Gasteiger partial charge in [0.25, 0.3) is 0 Å². The van der Waals surface area contributed by atoms with Crippen LogP contribution in [0.25, 0.3) is 0 Å². The lowest BCUT2D eigenvalue weighted by atomic mass is 9.91. The zero-order chi connectivity index (χ0) is 14.3. The molecule has 1 aromatic rings. The maximum atomic E-state index is 12.2. The van der Waals surface area contributed by atoms with Crippen molar-refractivity contribution in [2.45, 2.75) is 38.0 Å². The van der Waals surface area contributed by atoms with E-state index in [-0.39, 0.29) is 11.3 Å². The highest BCUT2D eigenvalue weighted by molar-refractivity contribution is 5.82. The van der Waals surface area contributed by atoms with Gasteiger partial charge < -0.3 is 15.4 Å². The van der Waals surface area contributed by atoms with Crippen molar-refractivity contribution >= 4 is 5.96 Å². The van der Waals surface area contributed by atoms with E-state index < -0.39 is 6.61 Å². The summed E-state index contributed by atoms with van der Waals surface area (Å²) in [6, 6.07) is 7.18. The third kappa shape index (κ3) is 2.19. The molecule has 1 aliphatic carbocycles. The summed E-state index contributed by atoms with van der Waals surface area (Å²) in [6.45, 7) is -0.132. The van der Waals surface area contributed by atoms with Gasteiger partial charge in [0.2, 0.25) is 0 Å². The van der Waals surface area contributed by atoms with Gasteiger partial charge in [0.1, 0.15) is 5.75 Å². The lowest BCUT2D eigenvalue weighted by Crippen LogP contribution is -2.48. The summed E-state index contributed by atoms with van der Waals surface area (Å²) >= 11 is 0. The van der Waals surface area contributed by atoms with E-state index in [4.69, 9.17) is 5.73 Å². The molecular formula is C14H17F2N3O. The number of ether oxygens (including phenoxy) is 1. The van der Waals surface area contributed by atoms with Gasteiger partial charge in [-0.25, -0.2) is 0 Å². The van der Waals surface area contributed by atoms with Crippen LogP contribution in [0.2, 0.25) is 0 Å². The fourth-order valence-electron chi connectivity index (χ4n) is 2.79. The van der Waals surface area contributed by atoms with Gasteiger partial charge in [0, 0.05) is 6.04 Å². The topological polar surface area (TPSA) is 50.9 Å². The number of hydrogen-bond donors (Lipinski definition) is 1. The highest BCUT2D eigenvalue weighted by Crippen LogP contribution is 2.41. The molecule has 0 aromatic heterocycles. The maximum absolute atomic E-state index is 12.2. The summed E-state index contributed by atoms with van der Waals surface area (Å²) in [5, 5.41) is 0. The van der Waals surface area contributed by atoms with Crippen LogP contribution in [-0.4, -0.2) is 30.1 Å². The number of halogens is 2. The Bertz CT molecular complexity index is 528. The van der Waals surface area contributed by atoms with E-state index in [1.54, 1.807) is 24.3 Å². The average Bonchev–Trinajstić information content (AvgIpc) is 3.17. The van der Waals surface area contributed by atoms with E-state index in [9.17, 15) is 8.78 Å². The normalized spacial score (nSPS) is 26.0. The molecule has 2 aliphatic rings. The Hall–Kier alpha value is -1.85. The lowest BCUT2D eigenvalue weighted by molar-refractivity contribution is -0.0498. The monoisotopic (exact) mass is 281 g/mol. The van der Waals surface area contributed by atoms with Gasteiger partial charge in [-0.05, 0) is 37.5 Å². The lowest BCUT2D eigenvalue weighted by Gasteiger charge is -2.37. The number of alkyl halides is 2. The van der Waals surface area contributed by atoms with E-state index in [1.807, 2.05) is 0 Å². The molecular weight excluding hydrogens is 264 g/mol. The van der Waals surface area contributed by atoms with Crippen LogP contribution in [0.4, 0.5) is 8.78 Å². The van der Waals surface area contributed by atoms with Gasteiger partial charge in [-0.1, -0.05) is 12.1 Å². The molecule has 1 unspecified atom stereocenters. The summed E-state index contributed by atoms with van der Waals surface area (Å²) in [6.07, 6.45) is 2.25. The first kappa shape index (κ1) is 13.1. The second-order valence-electron chi connectivity index (χ2n) is 5.45. The van der Waals surface area contributed by atoms with Gasteiger partial charge in [0.05, 0.1) is 12.1 Å². The molecule has 6 heteroatoms. The van der Waals surface area contributed by atoms with E-state index >= 15 is 0 Å². The second-order valence-corrected chi connectivity index (χ2v) is 5.45. The fraction of sp³-hybridized carbons (Fsp3) is 0.500. The van der Waals surface area contributed by atoms with Crippen LogP contribution in [0.5, 0.6) is 5.75 Å². The number of aliphatic imine (C=N–C) groups is 1. The number of nitrogens with zero attached hydrogens (tertiary/aromatic N) is 2. The van der Waals surface area contributed by atoms with E-state index in [2.05, 4.69) is 21.6 Å². The Morgan fingerprint density at radius 2 is 2.00 bits per heavy atom. The minimum absolute atomic E-state index is 0.164. The number of benzene rings is 1. The molecule has 1 fully saturated rings. The van der Waals surface area contributed by atoms with Crippen LogP contribution >= 0.6 is 0 Å². The van der Waals surface area contributed by atoms with Gasteiger partial charge in [-0.15, -0.1) is 0 Å². The van der Waals surface area contributed by atoms with Gasteiger partial charge in [-0.3, -0.25) is 4.99 Å². The minimum atomic E-state index is -2.80. The number of guanidine groups is 1. The van der Waals surface area contributed by atoms with Crippen LogP contribution in [-0.2, 0) is 5.54 Å². The number of nitrogens with two attached hydrogens (primary N) is 1. The maximum Gasteiger partial charge on any atom is 0.387 e. The first-order valence-corrected chi connectivity index (χ1v) is 6.65. The molecule has 1 saturated carbocycles. The molecule has 0 amide bonds. The number of rotatable bonds is 4. The molecule has 0 saturated heterocycles. The summed E-state index contributed by atoms with van der Waals surface area (Å²) in [7, 11) is 0. The molecule has 1 aliphatic heterocycles. The summed E-state index contributed by atoms with van der Waals surface area (Å²) in [5.41, 5.74) is 6.69. The van der Waals surface area contributed by atoms with Crippen molar-refractivity contribution in [3.8, 4) is 5.75 Å². The molecule has 2 N–H and O–H groups in total. The van der Waals surface area contributed by atoms with Crippen molar-refractivity contribution in [1.82, 2.24) is 4.90 Å². The largest absolute Gasteiger partial charge is 0.435 e. The highest BCUT2D eigenvalue weighted by atomic mass is 19.3. The molecule has 108 valence electrons. The predicted molar refractivity (Wildman–Crippen MR) is 71.8 cm³/mol. The van der Waals surface area contributed by atoms with Crippen LogP contribution in [0, 0.1) is 0 Å².